The first kappa shape index (κ1) is 18.5. The number of Topliss-reactive ketones (excluding diaryl/α,β-unsaturated/α-hetero) is 1. The summed E-state index contributed by atoms with van der Waals surface area (Å²) in [5.74, 6) is 0.244. The van der Waals surface area contributed by atoms with E-state index in [0.29, 0.717) is 20.1 Å². The molecule has 4 rings (SSSR count). The van der Waals surface area contributed by atoms with Gasteiger partial charge in [0.15, 0.2) is 10.1 Å². The number of hydrogen-bond acceptors (Lipinski definition) is 4. The molecule has 3 aromatic rings. The van der Waals surface area contributed by atoms with Crippen LogP contribution >= 0.6 is 23.1 Å². The zero-order valence-electron chi connectivity index (χ0n) is 14.3. The molecule has 2 aromatic carbocycles. The minimum Gasteiger partial charge on any atom is -0.293 e. The van der Waals surface area contributed by atoms with Crippen molar-refractivity contribution in [3.63, 3.8) is 0 Å². The summed E-state index contributed by atoms with van der Waals surface area (Å²) < 4.78 is 39.7. The van der Waals surface area contributed by atoms with E-state index in [1.165, 1.54) is 46.7 Å². The highest BCUT2D eigenvalue weighted by atomic mass is 32.2. The molecule has 0 bridgehead atoms. The summed E-state index contributed by atoms with van der Waals surface area (Å²) in [4.78, 5) is 16.8. The molecule has 1 heterocycles. The molecule has 0 N–H and O–H groups in total. The van der Waals surface area contributed by atoms with Crippen LogP contribution in [0, 0.1) is 0 Å². The summed E-state index contributed by atoms with van der Waals surface area (Å²) in [5.41, 5.74) is 2.90. The standard InChI is InChI=1S/C20H16F3NOS2/c21-20(22,23)15-7-8-18-16(10-15)24-19(27-18)26-11-17(25)14-6-5-12-3-1-2-4-13(12)9-14/h5-10H,1-4,11H2. The van der Waals surface area contributed by atoms with E-state index in [2.05, 4.69) is 4.98 Å². The van der Waals surface area contributed by atoms with Gasteiger partial charge in [0, 0.05) is 5.56 Å². The van der Waals surface area contributed by atoms with Crippen molar-refractivity contribution in [3.8, 4) is 0 Å². The second-order valence-corrected chi connectivity index (χ2v) is 8.82. The lowest BCUT2D eigenvalue weighted by Gasteiger charge is -2.16. The molecular weight excluding hydrogens is 391 g/mol. The Bertz CT molecular complexity index is 1010. The number of ketones is 1. The minimum atomic E-state index is -4.38. The first-order valence-corrected chi connectivity index (χ1v) is 10.5. The molecule has 1 aromatic heterocycles. The molecule has 27 heavy (non-hydrogen) atoms. The van der Waals surface area contributed by atoms with Gasteiger partial charge in [-0.2, -0.15) is 13.2 Å². The second-order valence-electron chi connectivity index (χ2n) is 6.56. The van der Waals surface area contributed by atoms with E-state index in [1.54, 1.807) is 0 Å². The Labute approximate surface area is 162 Å². The summed E-state index contributed by atoms with van der Waals surface area (Å²) in [6.45, 7) is 0. The Morgan fingerprint density at radius 2 is 1.85 bits per heavy atom. The highest BCUT2D eigenvalue weighted by Gasteiger charge is 2.30. The zero-order valence-corrected chi connectivity index (χ0v) is 15.9. The smallest absolute Gasteiger partial charge is 0.293 e. The van der Waals surface area contributed by atoms with Gasteiger partial charge in [-0.1, -0.05) is 23.9 Å². The molecule has 0 aliphatic heterocycles. The summed E-state index contributed by atoms with van der Waals surface area (Å²) >= 11 is 2.59. The van der Waals surface area contributed by atoms with Crippen LogP contribution in [0.1, 0.15) is 39.9 Å². The SMILES string of the molecule is O=C(CSc1nc2cc(C(F)(F)F)ccc2s1)c1ccc2c(c1)CCCC2. The summed E-state index contributed by atoms with van der Waals surface area (Å²) in [7, 11) is 0. The Hall–Kier alpha value is -1.86. The summed E-state index contributed by atoms with van der Waals surface area (Å²) in [6, 6.07) is 9.47. The van der Waals surface area contributed by atoms with Gasteiger partial charge in [0.05, 0.1) is 21.5 Å². The van der Waals surface area contributed by atoms with Gasteiger partial charge in [0.1, 0.15) is 0 Å². The number of thiazole rings is 1. The number of fused-ring (bicyclic) bond motifs is 2. The Morgan fingerprint density at radius 3 is 2.63 bits per heavy atom. The molecule has 7 heteroatoms. The van der Waals surface area contributed by atoms with Crippen LogP contribution in [-0.2, 0) is 19.0 Å². The number of alkyl halides is 3. The Balaban J connectivity index is 1.47. The predicted octanol–water partition coefficient (Wildman–Crippen LogP) is 6.17. The van der Waals surface area contributed by atoms with E-state index in [9.17, 15) is 18.0 Å². The van der Waals surface area contributed by atoms with Crippen molar-refractivity contribution >= 4 is 39.1 Å². The highest BCUT2D eigenvalue weighted by Crippen LogP contribution is 2.35. The van der Waals surface area contributed by atoms with E-state index in [-0.39, 0.29) is 11.5 Å². The van der Waals surface area contributed by atoms with Gasteiger partial charge in [-0.05, 0) is 61.1 Å². The van der Waals surface area contributed by atoms with Gasteiger partial charge in [-0.3, -0.25) is 4.79 Å². The number of rotatable bonds is 4. The van der Waals surface area contributed by atoms with Gasteiger partial charge < -0.3 is 0 Å². The molecule has 2 nitrogen and oxygen atoms in total. The van der Waals surface area contributed by atoms with Crippen molar-refractivity contribution in [1.29, 1.82) is 0 Å². The minimum absolute atomic E-state index is 0.0172. The molecule has 0 spiro atoms. The van der Waals surface area contributed by atoms with Crippen molar-refractivity contribution < 1.29 is 18.0 Å². The number of hydrogen-bond donors (Lipinski definition) is 0. The van der Waals surface area contributed by atoms with Gasteiger partial charge in [0.25, 0.3) is 0 Å². The molecule has 1 aliphatic carbocycles. The highest BCUT2D eigenvalue weighted by molar-refractivity contribution is 8.01. The average molecular weight is 407 g/mol. The number of carbonyl (C=O) groups is 1. The van der Waals surface area contributed by atoms with E-state index < -0.39 is 11.7 Å². The largest absolute Gasteiger partial charge is 0.416 e. The van der Waals surface area contributed by atoms with Crippen molar-refractivity contribution in [2.45, 2.75) is 36.2 Å². The topological polar surface area (TPSA) is 30.0 Å². The van der Waals surface area contributed by atoms with Gasteiger partial charge in [-0.25, -0.2) is 4.98 Å². The molecule has 0 atom stereocenters. The molecule has 140 valence electrons. The number of carbonyl (C=O) groups excluding carboxylic acids is 1. The van der Waals surface area contributed by atoms with Crippen molar-refractivity contribution in [2.24, 2.45) is 0 Å². The van der Waals surface area contributed by atoms with Crippen LogP contribution in [0.3, 0.4) is 0 Å². The first-order valence-electron chi connectivity index (χ1n) is 8.66. The van der Waals surface area contributed by atoms with E-state index in [4.69, 9.17) is 0 Å². The predicted molar refractivity (Wildman–Crippen MR) is 103 cm³/mol. The lowest BCUT2D eigenvalue weighted by Crippen LogP contribution is -2.07. The second kappa shape index (κ2) is 7.28. The molecule has 0 amide bonds. The third kappa shape index (κ3) is 4.04. The summed E-state index contributed by atoms with van der Waals surface area (Å²) in [5, 5.41) is 0. The molecule has 0 fully saturated rings. The van der Waals surface area contributed by atoms with Crippen LogP contribution < -0.4 is 0 Å². The monoisotopic (exact) mass is 407 g/mol. The van der Waals surface area contributed by atoms with Gasteiger partial charge >= 0.3 is 6.18 Å². The van der Waals surface area contributed by atoms with Crippen LogP contribution in [0.15, 0.2) is 40.7 Å². The summed E-state index contributed by atoms with van der Waals surface area (Å²) in [6.07, 6.45) is 0.0650. The van der Waals surface area contributed by atoms with Crippen molar-refractivity contribution in [2.75, 3.05) is 5.75 Å². The van der Waals surface area contributed by atoms with Crippen molar-refractivity contribution in [1.82, 2.24) is 4.98 Å². The molecular formula is C20H16F3NOS2. The average Bonchev–Trinajstić information content (AvgIpc) is 3.07. The number of benzene rings is 2. The van der Waals surface area contributed by atoms with Crippen LogP contribution in [0.2, 0.25) is 0 Å². The molecule has 0 unspecified atom stereocenters. The van der Waals surface area contributed by atoms with Crippen LogP contribution in [0.25, 0.3) is 10.2 Å². The van der Waals surface area contributed by atoms with Gasteiger partial charge in [0.2, 0.25) is 0 Å². The maximum atomic E-state index is 12.8. The maximum absolute atomic E-state index is 12.8. The van der Waals surface area contributed by atoms with Gasteiger partial charge in [-0.15, -0.1) is 11.3 Å². The lowest BCUT2D eigenvalue weighted by molar-refractivity contribution is -0.137. The van der Waals surface area contributed by atoms with E-state index in [1.807, 2.05) is 18.2 Å². The number of thioether (sulfide) groups is 1. The molecule has 0 saturated heterocycles. The third-order valence-electron chi connectivity index (χ3n) is 4.69. The Morgan fingerprint density at radius 1 is 1.07 bits per heavy atom. The van der Waals surface area contributed by atoms with Crippen LogP contribution in [0.5, 0.6) is 0 Å². The number of halogens is 3. The van der Waals surface area contributed by atoms with E-state index in [0.717, 1.165) is 31.4 Å². The van der Waals surface area contributed by atoms with Crippen LogP contribution in [-0.4, -0.2) is 16.5 Å². The maximum Gasteiger partial charge on any atom is 0.416 e. The number of nitrogens with zero attached hydrogens (tertiary/aromatic N) is 1. The molecule has 1 aliphatic rings. The quantitative estimate of drug-likeness (QED) is 0.383. The zero-order chi connectivity index (χ0) is 19.0. The molecule has 0 saturated carbocycles. The molecule has 0 radical (unpaired) electrons. The number of aryl methyl sites for hydroxylation is 2. The van der Waals surface area contributed by atoms with Crippen LogP contribution in [0.4, 0.5) is 13.2 Å². The fourth-order valence-corrected chi connectivity index (χ4v) is 5.21. The van der Waals surface area contributed by atoms with E-state index >= 15 is 0 Å². The fourth-order valence-electron chi connectivity index (χ4n) is 3.26. The lowest BCUT2D eigenvalue weighted by atomic mass is 9.90. The Kier molecular flexibility index (Phi) is 4.99. The third-order valence-corrected chi connectivity index (χ3v) is 6.87. The normalized spacial score (nSPS) is 14.3. The number of aromatic nitrogens is 1. The first-order chi connectivity index (χ1) is 12.9. The fraction of sp³-hybridized carbons (Fsp3) is 0.300. The van der Waals surface area contributed by atoms with Crippen molar-refractivity contribution in [3.05, 3.63) is 58.7 Å².